The van der Waals surface area contributed by atoms with Crippen LogP contribution in [0.15, 0.2) is 224 Å². The molecule has 12 rings (SSSR count). The molecule has 0 amide bonds. The third kappa shape index (κ3) is 6.51. The molecule has 9 aromatic carbocycles. The van der Waals surface area contributed by atoms with E-state index in [-0.39, 0.29) is 5.41 Å². The minimum absolute atomic E-state index is 0.202. The van der Waals surface area contributed by atoms with E-state index < -0.39 is 0 Å². The van der Waals surface area contributed by atoms with Gasteiger partial charge in [-0.3, -0.25) is 4.90 Å². The van der Waals surface area contributed by atoms with Gasteiger partial charge in [-0.2, -0.15) is 9.97 Å². The van der Waals surface area contributed by atoms with Crippen LogP contribution in [0.2, 0.25) is 0 Å². The van der Waals surface area contributed by atoms with Gasteiger partial charge in [0.1, 0.15) is 0 Å². The van der Waals surface area contributed by atoms with Crippen molar-refractivity contribution >= 4 is 39.1 Å². The van der Waals surface area contributed by atoms with Crippen LogP contribution in [-0.2, 0) is 5.41 Å². The summed E-state index contributed by atoms with van der Waals surface area (Å²) in [6, 6.07) is 79.6. The first-order valence-electron chi connectivity index (χ1n) is 22.2. The van der Waals surface area contributed by atoms with Gasteiger partial charge in [0.05, 0.1) is 16.7 Å². The van der Waals surface area contributed by atoms with E-state index in [1.165, 1.54) is 27.6 Å². The van der Waals surface area contributed by atoms with Gasteiger partial charge in [0.15, 0.2) is 11.6 Å². The van der Waals surface area contributed by atoms with Crippen molar-refractivity contribution in [3.05, 3.63) is 236 Å². The molecule has 0 N–H and O–H groups in total. The Bertz CT molecular complexity index is 3560. The van der Waals surface area contributed by atoms with Crippen molar-refractivity contribution in [3.8, 4) is 61.8 Å². The van der Waals surface area contributed by atoms with Gasteiger partial charge >= 0.3 is 0 Å². The summed E-state index contributed by atoms with van der Waals surface area (Å²) in [5, 5.41) is 2.30. The summed E-state index contributed by atoms with van der Waals surface area (Å²) in [6.07, 6.45) is 0. The molecule has 2 heterocycles. The molecule has 1 aliphatic rings. The zero-order valence-electron chi connectivity index (χ0n) is 36.1. The fraction of sp³-hybridized carbons (Fsp3) is 0.0500. The predicted molar refractivity (Wildman–Crippen MR) is 268 cm³/mol. The maximum absolute atomic E-state index is 5.51. The Balaban J connectivity index is 1.11. The first kappa shape index (κ1) is 38.3. The third-order valence-electron chi connectivity index (χ3n) is 13.1. The molecule has 0 unspecified atom stereocenters. The van der Waals surface area contributed by atoms with E-state index in [2.05, 4.69) is 242 Å². The molecule has 308 valence electrons. The fourth-order valence-electron chi connectivity index (χ4n) is 9.88. The van der Waals surface area contributed by atoms with Crippen LogP contribution in [0.25, 0.3) is 83.6 Å². The Kier molecular flexibility index (Phi) is 9.09. The molecule has 0 bridgehead atoms. The monoisotopic (exact) mass is 833 g/mol. The van der Waals surface area contributed by atoms with E-state index in [1.54, 1.807) is 0 Å². The fourth-order valence-corrected chi connectivity index (χ4v) is 9.88. The van der Waals surface area contributed by atoms with Crippen LogP contribution in [0.4, 0.5) is 17.3 Å². The highest BCUT2D eigenvalue weighted by atomic mass is 15.3. The summed E-state index contributed by atoms with van der Waals surface area (Å²) in [5.41, 5.74) is 16.4. The number of para-hydroxylation sites is 2. The molecule has 0 aliphatic heterocycles. The summed E-state index contributed by atoms with van der Waals surface area (Å²) in [5.74, 6) is 1.71. The van der Waals surface area contributed by atoms with E-state index in [0.29, 0.717) is 17.6 Å². The Hall–Kier alpha value is -8.41. The van der Waals surface area contributed by atoms with Gasteiger partial charge in [-0.15, -0.1) is 0 Å². The largest absolute Gasteiger partial charge is 0.309 e. The van der Waals surface area contributed by atoms with Crippen LogP contribution in [0.5, 0.6) is 0 Å². The molecule has 5 heteroatoms. The van der Waals surface area contributed by atoms with Gasteiger partial charge in [-0.25, -0.2) is 4.98 Å². The lowest BCUT2D eigenvalue weighted by atomic mass is 9.82. The van der Waals surface area contributed by atoms with Crippen molar-refractivity contribution < 1.29 is 0 Å². The van der Waals surface area contributed by atoms with Crippen molar-refractivity contribution in [1.29, 1.82) is 0 Å². The molecule has 0 saturated heterocycles. The number of aromatic nitrogens is 4. The van der Waals surface area contributed by atoms with Gasteiger partial charge in [0, 0.05) is 44.3 Å². The van der Waals surface area contributed by atoms with E-state index in [9.17, 15) is 0 Å². The standard InChI is InChI=1S/C60H43N5/c1-60(2)51-28-14-12-27-49(51)56-52(60)29-17-31-55(56)65(47-35-32-42(33-36-47)40-18-6-3-7-19-40)59-62-57(44-23-16-22-43(38-44)41-20-8-4-9-21-41)61-58(63-59)45-34-37-54-50(39-45)48-26-13-15-30-53(48)64(54)46-24-10-5-11-25-46/h3-39H,1-2H3. The Morgan fingerprint density at radius 3 is 1.69 bits per heavy atom. The summed E-state index contributed by atoms with van der Waals surface area (Å²) in [7, 11) is 0. The van der Waals surface area contributed by atoms with E-state index in [1.807, 2.05) is 6.07 Å². The highest BCUT2D eigenvalue weighted by molar-refractivity contribution is 6.10. The molecule has 0 fully saturated rings. The Labute approximate surface area is 378 Å². The Morgan fingerprint density at radius 2 is 0.938 bits per heavy atom. The molecule has 1 aliphatic carbocycles. The number of hydrogen-bond donors (Lipinski definition) is 0. The number of anilines is 3. The molecule has 2 aromatic heterocycles. The summed E-state index contributed by atoms with van der Waals surface area (Å²) in [6.45, 7) is 4.65. The van der Waals surface area contributed by atoms with Crippen molar-refractivity contribution in [1.82, 2.24) is 19.5 Å². The van der Waals surface area contributed by atoms with Crippen LogP contribution < -0.4 is 4.90 Å². The van der Waals surface area contributed by atoms with Crippen molar-refractivity contribution in [2.45, 2.75) is 19.3 Å². The molecule has 65 heavy (non-hydrogen) atoms. The normalized spacial score (nSPS) is 12.6. The lowest BCUT2D eigenvalue weighted by molar-refractivity contribution is 0.660. The molecular weight excluding hydrogens is 791 g/mol. The number of nitrogens with zero attached hydrogens (tertiary/aromatic N) is 5. The van der Waals surface area contributed by atoms with Gasteiger partial charge in [0.25, 0.3) is 0 Å². The van der Waals surface area contributed by atoms with Gasteiger partial charge in [-0.05, 0) is 99.6 Å². The molecule has 11 aromatic rings. The zero-order valence-corrected chi connectivity index (χ0v) is 36.1. The maximum Gasteiger partial charge on any atom is 0.238 e. The summed E-state index contributed by atoms with van der Waals surface area (Å²) < 4.78 is 2.34. The van der Waals surface area contributed by atoms with Crippen LogP contribution in [-0.4, -0.2) is 19.5 Å². The quantitative estimate of drug-likeness (QED) is 0.153. The van der Waals surface area contributed by atoms with Crippen LogP contribution in [0.1, 0.15) is 25.0 Å². The third-order valence-corrected chi connectivity index (χ3v) is 13.1. The highest BCUT2D eigenvalue weighted by Crippen LogP contribution is 2.54. The second kappa shape index (κ2) is 15.4. The average Bonchev–Trinajstić information content (AvgIpc) is 3.83. The molecule has 0 radical (unpaired) electrons. The zero-order chi connectivity index (χ0) is 43.5. The molecule has 0 saturated carbocycles. The van der Waals surface area contributed by atoms with Crippen LogP contribution in [0.3, 0.4) is 0 Å². The topological polar surface area (TPSA) is 46.8 Å². The molecular formula is C60H43N5. The molecule has 0 spiro atoms. The maximum atomic E-state index is 5.51. The smallest absolute Gasteiger partial charge is 0.238 e. The van der Waals surface area contributed by atoms with E-state index in [4.69, 9.17) is 15.0 Å². The summed E-state index contributed by atoms with van der Waals surface area (Å²) >= 11 is 0. The van der Waals surface area contributed by atoms with Gasteiger partial charge in [-0.1, -0.05) is 178 Å². The summed E-state index contributed by atoms with van der Waals surface area (Å²) in [4.78, 5) is 18.6. The lowest BCUT2D eigenvalue weighted by Crippen LogP contribution is -2.18. The van der Waals surface area contributed by atoms with Crippen LogP contribution >= 0.6 is 0 Å². The number of rotatable bonds is 8. The first-order chi connectivity index (χ1) is 32.0. The van der Waals surface area contributed by atoms with Crippen molar-refractivity contribution in [3.63, 3.8) is 0 Å². The lowest BCUT2D eigenvalue weighted by Gasteiger charge is -2.27. The average molecular weight is 834 g/mol. The number of hydrogen-bond acceptors (Lipinski definition) is 4. The second-order valence-electron chi connectivity index (χ2n) is 17.3. The predicted octanol–water partition coefficient (Wildman–Crippen LogP) is 15.4. The second-order valence-corrected chi connectivity index (χ2v) is 17.3. The number of fused-ring (bicyclic) bond motifs is 6. The minimum atomic E-state index is -0.202. The Morgan fingerprint density at radius 1 is 0.400 bits per heavy atom. The highest BCUT2D eigenvalue weighted by Gasteiger charge is 2.38. The molecule has 0 atom stereocenters. The minimum Gasteiger partial charge on any atom is -0.309 e. The van der Waals surface area contributed by atoms with E-state index in [0.717, 1.165) is 66.9 Å². The van der Waals surface area contributed by atoms with Crippen LogP contribution in [0, 0.1) is 0 Å². The SMILES string of the molecule is CC1(C)c2ccccc2-c2c(N(c3ccc(-c4ccccc4)cc3)c3nc(-c4cccc(-c5ccccc5)c4)nc(-c4ccc5c(c4)c4ccccc4n5-c4ccccc4)n3)cccc21. The molecule has 5 nitrogen and oxygen atoms in total. The van der Waals surface area contributed by atoms with Crippen molar-refractivity contribution in [2.24, 2.45) is 0 Å². The number of benzene rings is 9. The van der Waals surface area contributed by atoms with Gasteiger partial charge < -0.3 is 4.57 Å². The van der Waals surface area contributed by atoms with Crippen molar-refractivity contribution in [2.75, 3.05) is 4.90 Å². The van der Waals surface area contributed by atoms with E-state index >= 15 is 0 Å². The van der Waals surface area contributed by atoms with Gasteiger partial charge in [0.2, 0.25) is 5.95 Å². The first-order valence-corrected chi connectivity index (χ1v) is 22.2.